The summed E-state index contributed by atoms with van der Waals surface area (Å²) in [6.07, 6.45) is 0.294. The number of hydrogen-bond donors (Lipinski definition) is 2. The normalized spacial score (nSPS) is 13.0. The number of aliphatic hydroxyl groups excluding tert-OH is 1. The Labute approximate surface area is 129 Å². The van der Waals surface area contributed by atoms with Crippen molar-refractivity contribution >= 4 is 33.2 Å². The van der Waals surface area contributed by atoms with E-state index in [1.807, 2.05) is 0 Å². The molecule has 2 aromatic carbocycles. The van der Waals surface area contributed by atoms with Gasteiger partial charge in [-0.3, -0.25) is 9.59 Å². The summed E-state index contributed by atoms with van der Waals surface area (Å²) in [5.74, 6) is -0.471. The van der Waals surface area contributed by atoms with Crippen LogP contribution >= 0.6 is 15.9 Å². The summed E-state index contributed by atoms with van der Waals surface area (Å²) in [7, 11) is 0. The third-order valence-corrected chi connectivity index (χ3v) is 4.31. The second kappa shape index (κ2) is 5.09. The fourth-order valence-electron chi connectivity index (χ4n) is 2.68. The number of benzene rings is 2. The van der Waals surface area contributed by atoms with Gasteiger partial charge in [-0.05, 0) is 34.0 Å². The maximum atomic E-state index is 12.7. The first kappa shape index (κ1) is 14.0. The molecule has 21 heavy (non-hydrogen) atoms. The van der Waals surface area contributed by atoms with Crippen LogP contribution in [-0.4, -0.2) is 23.3 Å². The number of aliphatic hydroxyl groups is 1. The van der Waals surface area contributed by atoms with Crippen molar-refractivity contribution in [3.05, 3.63) is 62.6 Å². The molecule has 1 aliphatic rings. The summed E-state index contributed by atoms with van der Waals surface area (Å²) in [5.41, 5.74) is 8.19. The molecule has 106 valence electrons. The Morgan fingerprint density at radius 3 is 2.19 bits per heavy atom. The van der Waals surface area contributed by atoms with Crippen LogP contribution in [0, 0.1) is 0 Å². The highest BCUT2D eigenvalue weighted by molar-refractivity contribution is 9.10. The van der Waals surface area contributed by atoms with Gasteiger partial charge in [-0.15, -0.1) is 0 Å². The number of fused-ring (bicyclic) bond motifs is 2. The fourth-order valence-corrected chi connectivity index (χ4v) is 3.15. The minimum atomic E-state index is -0.252. The van der Waals surface area contributed by atoms with E-state index in [9.17, 15) is 14.7 Å². The molecule has 0 amide bonds. The minimum Gasteiger partial charge on any atom is -0.397 e. The van der Waals surface area contributed by atoms with Crippen LogP contribution in [0.2, 0.25) is 0 Å². The lowest BCUT2D eigenvalue weighted by atomic mass is 9.80. The number of anilines is 1. The lowest BCUT2D eigenvalue weighted by Gasteiger charge is -2.22. The van der Waals surface area contributed by atoms with Gasteiger partial charge < -0.3 is 10.8 Å². The van der Waals surface area contributed by atoms with Crippen molar-refractivity contribution in [2.75, 3.05) is 12.3 Å². The van der Waals surface area contributed by atoms with Crippen LogP contribution in [0.1, 0.15) is 37.4 Å². The average Bonchev–Trinajstić information content (AvgIpc) is 2.48. The number of nitrogen functional groups attached to an aromatic ring is 1. The van der Waals surface area contributed by atoms with Crippen LogP contribution in [0.4, 0.5) is 5.69 Å². The van der Waals surface area contributed by atoms with Crippen LogP contribution in [0.3, 0.4) is 0 Å². The van der Waals surface area contributed by atoms with Crippen LogP contribution in [-0.2, 0) is 6.42 Å². The number of carbonyl (C=O) groups is 2. The molecule has 3 N–H and O–H groups in total. The van der Waals surface area contributed by atoms with E-state index >= 15 is 0 Å². The third-order valence-electron chi connectivity index (χ3n) is 3.65. The zero-order valence-corrected chi connectivity index (χ0v) is 12.6. The van der Waals surface area contributed by atoms with Crippen LogP contribution in [0.5, 0.6) is 0 Å². The molecule has 5 heteroatoms. The highest BCUT2D eigenvalue weighted by Crippen LogP contribution is 2.37. The van der Waals surface area contributed by atoms with E-state index in [1.54, 1.807) is 30.3 Å². The molecule has 0 saturated carbocycles. The molecular weight excluding hydrogens is 334 g/mol. The standard InChI is InChI=1S/C16H12BrNO3/c17-11-7-8(5-6-19)12-13(14(11)18)16(21)10-4-2-1-3-9(10)15(12)20/h1-4,7,19H,5-6,18H2. The summed E-state index contributed by atoms with van der Waals surface area (Å²) >= 11 is 3.31. The van der Waals surface area contributed by atoms with Crippen molar-refractivity contribution in [2.24, 2.45) is 0 Å². The number of nitrogens with two attached hydrogens (primary N) is 1. The number of ketones is 2. The summed E-state index contributed by atoms with van der Waals surface area (Å²) in [6.45, 7) is -0.105. The van der Waals surface area contributed by atoms with Gasteiger partial charge in [0, 0.05) is 27.8 Å². The number of rotatable bonds is 2. The zero-order chi connectivity index (χ0) is 15.1. The summed E-state index contributed by atoms with van der Waals surface area (Å²) in [6, 6.07) is 8.41. The first-order valence-electron chi connectivity index (χ1n) is 6.46. The van der Waals surface area contributed by atoms with Crippen molar-refractivity contribution in [1.82, 2.24) is 0 Å². The molecule has 0 bridgehead atoms. The molecule has 0 spiro atoms. The van der Waals surface area contributed by atoms with Gasteiger partial charge in [-0.1, -0.05) is 24.3 Å². The van der Waals surface area contributed by atoms with Crippen molar-refractivity contribution in [3.8, 4) is 0 Å². The minimum absolute atomic E-state index is 0.105. The van der Waals surface area contributed by atoms with Gasteiger partial charge in [-0.2, -0.15) is 0 Å². The van der Waals surface area contributed by atoms with Gasteiger partial charge in [0.2, 0.25) is 0 Å². The Hall–Kier alpha value is -1.98. The molecule has 0 radical (unpaired) electrons. The van der Waals surface area contributed by atoms with Crippen LogP contribution < -0.4 is 5.73 Å². The van der Waals surface area contributed by atoms with E-state index in [0.717, 1.165) is 0 Å². The summed E-state index contributed by atoms with van der Waals surface area (Å²) < 4.78 is 0.560. The highest BCUT2D eigenvalue weighted by Gasteiger charge is 2.33. The fraction of sp³-hybridized carbons (Fsp3) is 0.125. The maximum absolute atomic E-state index is 12.7. The predicted octanol–water partition coefficient (Wildman–Crippen LogP) is 2.34. The molecular formula is C16H12BrNO3. The van der Waals surface area contributed by atoms with Crippen molar-refractivity contribution in [3.63, 3.8) is 0 Å². The van der Waals surface area contributed by atoms with Gasteiger partial charge in [0.1, 0.15) is 0 Å². The molecule has 0 unspecified atom stereocenters. The quantitative estimate of drug-likeness (QED) is 0.698. The Bertz CT molecular complexity index is 783. The monoisotopic (exact) mass is 345 g/mol. The molecule has 2 aromatic rings. The number of carbonyl (C=O) groups excluding carboxylic acids is 2. The van der Waals surface area contributed by atoms with Gasteiger partial charge in [0.05, 0.1) is 11.3 Å². The first-order valence-corrected chi connectivity index (χ1v) is 7.25. The van der Waals surface area contributed by atoms with Crippen LogP contribution in [0.25, 0.3) is 0 Å². The van der Waals surface area contributed by atoms with E-state index in [-0.39, 0.29) is 29.4 Å². The molecule has 0 heterocycles. The lowest BCUT2D eigenvalue weighted by Crippen LogP contribution is -2.24. The SMILES string of the molecule is Nc1c(Br)cc(CCO)c2c1C(=O)c1ccccc1C2=O. The highest BCUT2D eigenvalue weighted by atomic mass is 79.9. The molecule has 3 rings (SSSR count). The molecule has 0 saturated heterocycles. The number of halogens is 1. The van der Waals surface area contributed by atoms with Crippen molar-refractivity contribution in [1.29, 1.82) is 0 Å². The van der Waals surface area contributed by atoms with Crippen molar-refractivity contribution < 1.29 is 14.7 Å². The topological polar surface area (TPSA) is 80.4 Å². The Morgan fingerprint density at radius 2 is 1.62 bits per heavy atom. The van der Waals surface area contributed by atoms with Crippen LogP contribution in [0.15, 0.2) is 34.8 Å². The zero-order valence-electron chi connectivity index (χ0n) is 11.0. The second-order valence-electron chi connectivity index (χ2n) is 4.86. The number of hydrogen-bond acceptors (Lipinski definition) is 4. The predicted molar refractivity (Wildman–Crippen MR) is 82.7 cm³/mol. The Kier molecular flexibility index (Phi) is 3.39. The molecule has 0 aliphatic heterocycles. The van der Waals surface area contributed by atoms with Gasteiger partial charge in [0.15, 0.2) is 11.6 Å². The van der Waals surface area contributed by atoms with E-state index in [1.165, 1.54) is 0 Å². The summed E-state index contributed by atoms with van der Waals surface area (Å²) in [4.78, 5) is 25.4. The van der Waals surface area contributed by atoms with Gasteiger partial charge in [-0.25, -0.2) is 0 Å². The smallest absolute Gasteiger partial charge is 0.196 e. The van der Waals surface area contributed by atoms with E-state index in [2.05, 4.69) is 15.9 Å². The lowest BCUT2D eigenvalue weighted by molar-refractivity contribution is 0.0978. The molecule has 0 fully saturated rings. The van der Waals surface area contributed by atoms with E-state index < -0.39 is 0 Å². The molecule has 1 aliphatic carbocycles. The summed E-state index contributed by atoms with van der Waals surface area (Å²) in [5, 5.41) is 9.19. The molecule has 0 aromatic heterocycles. The maximum Gasteiger partial charge on any atom is 0.196 e. The van der Waals surface area contributed by atoms with Gasteiger partial charge >= 0.3 is 0 Å². The Morgan fingerprint density at radius 1 is 1.05 bits per heavy atom. The Balaban J connectivity index is 2.36. The average molecular weight is 346 g/mol. The van der Waals surface area contributed by atoms with Crippen molar-refractivity contribution in [2.45, 2.75) is 6.42 Å². The molecule has 4 nitrogen and oxygen atoms in total. The third kappa shape index (κ3) is 2.01. The largest absolute Gasteiger partial charge is 0.397 e. The van der Waals surface area contributed by atoms with E-state index in [0.29, 0.717) is 33.1 Å². The first-order chi connectivity index (χ1) is 10.1. The second-order valence-corrected chi connectivity index (χ2v) is 5.71. The van der Waals surface area contributed by atoms with E-state index in [4.69, 9.17) is 5.73 Å². The van der Waals surface area contributed by atoms with Gasteiger partial charge in [0.25, 0.3) is 0 Å². The molecule has 0 atom stereocenters.